The van der Waals surface area contributed by atoms with Crippen LogP contribution in [0.3, 0.4) is 0 Å². The number of rotatable bonds is 2. The van der Waals surface area contributed by atoms with Crippen molar-refractivity contribution in [1.29, 1.82) is 0 Å². The molecule has 1 aromatic carbocycles. The van der Waals surface area contributed by atoms with Gasteiger partial charge in [0.15, 0.2) is 11.5 Å². The van der Waals surface area contributed by atoms with E-state index >= 15 is 0 Å². The number of hydrogen-bond donors (Lipinski definition) is 0. The predicted molar refractivity (Wildman–Crippen MR) is 78.5 cm³/mol. The average Bonchev–Trinajstić information content (AvgIpc) is 3.08. The molecule has 6 heteroatoms. The minimum Gasteiger partial charge on any atom is -0.454 e. The van der Waals surface area contributed by atoms with Crippen molar-refractivity contribution in [3.05, 3.63) is 34.9 Å². The predicted octanol–water partition coefficient (Wildman–Crippen LogP) is 2.52. The van der Waals surface area contributed by atoms with Crippen molar-refractivity contribution < 1.29 is 19.1 Å². The van der Waals surface area contributed by atoms with Crippen LogP contribution in [0.1, 0.15) is 18.4 Å². The van der Waals surface area contributed by atoms with Gasteiger partial charge in [-0.25, -0.2) is 0 Å². The number of imide groups is 1. The number of carbonyl (C=O) groups excluding carboxylic acids is 2. The molecule has 0 unspecified atom stereocenters. The fourth-order valence-corrected chi connectivity index (χ4v) is 3.61. The molecule has 5 nitrogen and oxygen atoms in total. The first kappa shape index (κ1) is 13.6. The van der Waals surface area contributed by atoms with E-state index < -0.39 is 0 Å². The van der Waals surface area contributed by atoms with Crippen molar-refractivity contribution in [2.45, 2.75) is 19.4 Å². The summed E-state index contributed by atoms with van der Waals surface area (Å²) in [5.41, 5.74) is 0.766. The molecule has 22 heavy (non-hydrogen) atoms. The Morgan fingerprint density at radius 2 is 1.77 bits per heavy atom. The maximum absolute atomic E-state index is 12.5. The van der Waals surface area contributed by atoms with Gasteiger partial charge in [0.2, 0.25) is 18.6 Å². The Bertz CT molecular complexity index is 674. The second kappa shape index (κ2) is 5.02. The summed E-state index contributed by atoms with van der Waals surface area (Å²) in [5.74, 6) is 0.480. The number of likely N-dealkylation sites (tertiary alicyclic amines) is 1. The van der Waals surface area contributed by atoms with Crippen molar-refractivity contribution in [3.8, 4) is 11.5 Å². The van der Waals surface area contributed by atoms with Crippen molar-refractivity contribution in [2.75, 3.05) is 6.79 Å². The fraction of sp³-hybridized carbons (Fsp3) is 0.375. The smallest absolute Gasteiger partial charge is 0.233 e. The molecule has 2 aliphatic heterocycles. The summed E-state index contributed by atoms with van der Waals surface area (Å²) in [5, 5.41) is 0.433. The van der Waals surface area contributed by atoms with Gasteiger partial charge in [-0.2, -0.15) is 0 Å². The largest absolute Gasteiger partial charge is 0.454 e. The molecule has 2 heterocycles. The van der Waals surface area contributed by atoms with Crippen LogP contribution >= 0.6 is 11.6 Å². The molecular weight excluding hydrogens is 306 g/mol. The molecule has 114 valence electrons. The first-order valence-corrected chi connectivity index (χ1v) is 7.61. The van der Waals surface area contributed by atoms with Crippen molar-refractivity contribution in [3.63, 3.8) is 0 Å². The molecule has 2 atom stereocenters. The van der Waals surface area contributed by atoms with Gasteiger partial charge in [-0.3, -0.25) is 14.5 Å². The van der Waals surface area contributed by atoms with Crippen LogP contribution in [0, 0.1) is 11.8 Å². The van der Waals surface area contributed by atoms with Gasteiger partial charge in [-0.1, -0.05) is 23.8 Å². The van der Waals surface area contributed by atoms with Gasteiger partial charge in [0.05, 0.1) is 23.4 Å². The van der Waals surface area contributed by atoms with E-state index in [0.717, 1.165) is 5.56 Å². The topological polar surface area (TPSA) is 55.8 Å². The van der Waals surface area contributed by atoms with Crippen molar-refractivity contribution in [1.82, 2.24) is 4.90 Å². The maximum atomic E-state index is 12.5. The lowest BCUT2D eigenvalue weighted by atomic mass is 9.85. The highest BCUT2D eigenvalue weighted by Gasteiger charge is 2.47. The van der Waals surface area contributed by atoms with Crippen LogP contribution in [0.4, 0.5) is 0 Å². The van der Waals surface area contributed by atoms with Gasteiger partial charge in [0.25, 0.3) is 0 Å². The van der Waals surface area contributed by atoms with E-state index in [9.17, 15) is 9.59 Å². The Morgan fingerprint density at radius 3 is 2.45 bits per heavy atom. The van der Waals surface area contributed by atoms with E-state index in [-0.39, 0.29) is 37.0 Å². The normalized spacial score (nSPS) is 25.8. The molecule has 0 spiro atoms. The van der Waals surface area contributed by atoms with Crippen LogP contribution in [0.25, 0.3) is 0 Å². The van der Waals surface area contributed by atoms with Crippen molar-refractivity contribution >= 4 is 23.4 Å². The van der Waals surface area contributed by atoms with E-state index in [1.807, 2.05) is 12.2 Å². The molecule has 4 rings (SSSR count). The summed E-state index contributed by atoms with van der Waals surface area (Å²) in [4.78, 5) is 26.3. The molecule has 2 amide bonds. The molecule has 0 aromatic heterocycles. The van der Waals surface area contributed by atoms with Gasteiger partial charge in [0.1, 0.15) is 0 Å². The van der Waals surface area contributed by atoms with E-state index in [1.54, 1.807) is 12.1 Å². The van der Waals surface area contributed by atoms with Gasteiger partial charge in [-0.15, -0.1) is 0 Å². The first-order valence-electron chi connectivity index (χ1n) is 7.23. The van der Waals surface area contributed by atoms with Crippen LogP contribution in [-0.2, 0) is 16.1 Å². The minimum absolute atomic E-state index is 0.0897. The van der Waals surface area contributed by atoms with Crippen LogP contribution in [0.15, 0.2) is 24.3 Å². The number of carbonyl (C=O) groups is 2. The molecule has 0 bridgehead atoms. The Kier molecular flexibility index (Phi) is 3.11. The average molecular weight is 320 g/mol. The van der Waals surface area contributed by atoms with E-state index in [2.05, 4.69) is 0 Å². The highest BCUT2D eigenvalue weighted by atomic mass is 35.5. The van der Waals surface area contributed by atoms with Gasteiger partial charge < -0.3 is 9.47 Å². The summed E-state index contributed by atoms with van der Waals surface area (Å²) in [7, 11) is 0. The Balaban J connectivity index is 1.60. The lowest BCUT2D eigenvalue weighted by molar-refractivity contribution is -0.140. The summed E-state index contributed by atoms with van der Waals surface area (Å²) >= 11 is 6.15. The Labute approximate surface area is 132 Å². The molecule has 3 aliphatic rings. The monoisotopic (exact) mass is 319 g/mol. The minimum atomic E-state index is -0.206. The molecule has 1 fully saturated rings. The molecule has 1 aliphatic carbocycles. The molecule has 1 aromatic rings. The first-order chi connectivity index (χ1) is 10.6. The highest BCUT2D eigenvalue weighted by molar-refractivity contribution is 6.32. The summed E-state index contributed by atoms with van der Waals surface area (Å²) in [6.45, 7) is 0.358. The quantitative estimate of drug-likeness (QED) is 0.621. The van der Waals surface area contributed by atoms with E-state index in [1.165, 1.54) is 4.90 Å². The van der Waals surface area contributed by atoms with Crippen LogP contribution in [0.5, 0.6) is 11.5 Å². The number of fused-ring (bicyclic) bond motifs is 2. The standard InChI is InChI=1S/C16H14ClNO4/c17-12-5-9(6-13-14(12)22-8-21-13)7-18-15(19)10-3-1-2-4-11(10)16(18)20/h1-2,5-6,10-11H,3-4,7-8H2/t10-,11-/m1/s1. The zero-order valence-electron chi connectivity index (χ0n) is 11.8. The number of hydrogen-bond acceptors (Lipinski definition) is 4. The zero-order chi connectivity index (χ0) is 15.3. The highest BCUT2D eigenvalue weighted by Crippen LogP contribution is 2.41. The zero-order valence-corrected chi connectivity index (χ0v) is 12.5. The number of allylic oxidation sites excluding steroid dienone is 2. The maximum Gasteiger partial charge on any atom is 0.233 e. The summed E-state index contributed by atoms with van der Waals surface area (Å²) in [6, 6.07) is 3.49. The third-order valence-corrected chi connectivity index (χ3v) is 4.71. The van der Waals surface area contributed by atoms with Crippen molar-refractivity contribution in [2.24, 2.45) is 11.8 Å². The molecule has 0 saturated carbocycles. The molecule has 0 radical (unpaired) electrons. The number of nitrogens with zero attached hydrogens (tertiary/aromatic N) is 1. The van der Waals surface area contributed by atoms with Gasteiger partial charge in [-0.05, 0) is 30.5 Å². The fourth-order valence-electron chi connectivity index (χ4n) is 3.32. The molecule has 1 saturated heterocycles. The third kappa shape index (κ3) is 2.00. The van der Waals surface area contributed by atoms with E-state index in [4.69, 9.17) is 21.1 Å². The SMILES string of the molecule is O=C1[C@@H]2CC=CC[C@H]2C(=O)N1Cc1cc(Cl)c2c(c1)OCO2. The molecular formula is C16H14ClNO4. The Hall–Kier alpha value is -2.01. The number of ether oxygens (including phenoxy) is 2. The van der Waals surface area contributed by atoms with E-state index in [0.29, 0.717) is 29.4 Å². The van der Waals surface area contributed by atoms with Crippen LogP contribution < -0.4 is 9.47 Å². The summed E-state index contributed by atoms with van der Waals surface area (Å²) < 4.78 is 10.6. The van der Waals surface area contributed by atoms with Gasteiger partial charge >= 0.3 is 0 Å². The lowest BCUT2D eigenvalue weighted by Gasteiger charge is -2.15. The second-order valence-corrected chi connectivity index (χ2v) is 6.14. The Morgan fingerprint density at radius 1 is 1.09 bits per heavy atom. The second-order valence-electron chi connectivity index (χ2n) is 5.73. The molecule has 0 N–H and O–H groups in total. The number of amides is 2. The lowest BCUT2D eigenvalue weighted by Crippen LogP contribution is -2.30. The van der Waals surface area contributed by atoms with Gasteiger partial charge in [0, 0.05) is 0 Å². The summed E-state index contributed by atoms with van der Waals surface area (Å²) in [6.07, 6.45) is 5.25. The van der Waals surface area contributed by atoms with Crippen LogP contribution in [-0.4, -0.2) is 23.5 Å². The van der Waals surface area contributed by atoms with Crippen LogP contribution in [0.2, 0.25) is 5.02 Å². The third-order valence-electron chi connectivity index (χ3n) is 4.43. The number of benzene rings is 1. The number of halogens is 1.